The third-order valence-corrected chi connectivity index (χ3v) is 4.79. The molecule has 1 heterocycles. The molecule has 1 aliphatic rings. The zero-order chi connectivity index (χ0) is 16.8. The minimum atomic E-state index is 0.158. The van der Waals surface area contributed by atoms with Gasteiger partial charge in [0.05, 0.1) is 6.54 Å². The number of rotatable bonds is 6. The summed E-state index contributed by atoms with van der Waals surface area (Å²) in [6, 6.07) is 6.78. The van der Waals surface area contributed by atoms with E-state index in [1.165, 1.54) is 16.8 Å². The molecule has 128 valence electrons. The van der Waals surface area contributed by atoms with Crippen LogP contribution in [-0.2, 0) is 4.79 Å². The van der Waals surface area contributed by atoms with Gasteiger partial charge in [-0.2, -0.15) is 0 Å². The average Bonchev–Trinajstić information content (AvgIpc) is 2.51. The van der Waals surface area contributed by atoms with Crippen LogP contribution >= 0.6 is 0 Å². The molecule has 0 aromatic heterocycles. The van der Waals surface area contributed by atoms with Gasteiger partial charge in [-0.15, -0.1) is 0 Å². The summed E-state index contributed by atoms with van der Waals surface area (Å²) < 4.78 is 0. The molecule has 1 atom stereocenters. The molecule has 1 aromatic rings. The number of benzene rings is 1. The molecule has 1 amide bonds. The number of piperazine rings is 1. The Kier molecular flexibility index (Phi) is 6.46. The van der Waals surface area contributed by atoms with Gasteiger partial charge in [0, 0.05) is 37.9 Å². The van der Waals surface area contributed by atoms with Crippen LogP contribution in [0, 0.1) is 13.8 Å². The lowest BCUT2D eigenvalue weighted by atomic mass is 10.1. The van der Waals surface area contributed by atoms with Gasteiger partial charge in [-0.3, -0.25) is 9.69 Å². The highest BCUT2D eigenvalue weighted by atomic mass is 16.2. The van der Waals surface area contributed by atoms with E-state index in [4.69, 9.17) is 0 Å². The predicted octanol–water partition coefficient (Wildman–Crippen LogP) is 2.73. The zero-order valence-corrected chi connectivity index (χ0v) is 15.1. The van der Waals surface area contributed by atoms with Crippen molar-refractivity contribution in [2.24, 2.45) is 0 Å². The van der Waals surface area contributed by atoms with Crippen molar-refractivity contribution in [1.82, 2.24) is 10.2 Å². The van der Waals surface area contributed by atoms with Gasteiger partial charge in [0.15, 0.2) is 0 Å². The maximum absolute atomic E-state index is 12.1. The van der Waals surface area contributed by atoms with Crippen LogP contribution in [0.1, 0.15) is 37.8 Å². The first-order valence-electron chi connectivity index (χ1n) is 8.84. The highest BCUT2D eigenvalue weighted by Crippen LogP contribution is 2.23. The van der Waals surface area contributed by atoms with Crippen LogP contribution in [-0.4, -0.2) is 49.6 Å². The first-order chi connectivity index (χ1) is 11.0. The Bertz CT molecular complexity index is 521. The SMILES string of the molecule is CCC[C@@H](C)NC(=O)CN1CCN(c2cccc(C)c2C)CC1. The van der Waals surface area contributed by atoms with Crippen molar-refractivity contribution in [1.29, 1.82) is 0 Å². The molecule has 1 aliphatic heterocycles. The van der Waals surface area contributed by atoms with E-state index in [1.807, 2.05) is 0 Å². The number of hydrogen-bond acceptors (Lipinski definition) is 3. The molecule has 1 aromatic carbocycles. The van der Waals surface area contributed by atoms with Crippen LogP contribution in [0.5, 0.6) is 0 Å². The van der Waals surface area contributed by atoms with Gasteiger partial charge in [0.2, 0.25) is 5.91 Å². The molecule has 0 unspecified atom stereocenters. The molecule has 4 nitrogen and oxygen atoms in total. The maximum Gasteiger partial charge on any atom is 0.234 e. The number of anilines is 1. The fourth-order valence-corrected chi connectivity index (χ4v) is 3.25. The summed E-state index contributed by atoms with van der Waals surface area (Å²) in [5, 5.41) is 3.09. The van der Waals surface area contributed by atoms with Crippen LogP contribution in [0.4, 0.5) is 5.69 Å². The van der Waals surface area contributed by atoms with E-state index in [2.05, 4.69) is 61.0 Å². The second-order valence-electron chi connectivity index (χ2n) is 6.74. The normalized spacial score (nSPS) is 17.1. The molecule has 0 aliphatic carbocycles. The lowest BCUT2D eigenvalue weighted by Gasteiger charge is -2.36. The summed E-state index contributed by atoms with van der Waals surface area (Å²) in [6.45, 7) is 13.0. The molecular formula is C19H31N3O. The summed E-state index contributed by atoms with van der Waals surface area (Å²) in [7, 11) is 0. The Morgan fingerprint density at radius 1 is 1.22 bits per heavy atom. The largest absolute Gasteiger partial charge is 0.369 e. The van der Waals surface area contributed by atoms with Crippen LogP contribution < -0.4 is 10.2 Å². The summed E-state index contributed by atoms with van der Waals surface area (Å²) in [5.41, 5.74) is 4.05. The molecule has 0 bridgehead atoms. The van der Waals surface area contributed by atoms with Crippen LogP contribution in [0.25, 0.3) is 0 Å². The van der Waals surface area contributed by atoms with Gasteiger partial charge in [-0.1, -0.05) is 25.5 Å². The monoisotopic (exact) mass is 317 g/mol. The fourth-order valence-electron chi connectivity index (χ4n) is 3.25. The molecule has 4 heteroatoms. The van der Waals surface area contributed by atoms with E-state index in [-0.39, 0.29) is 11.9 Å². The van der Waals surface area contributed by atoms with Gasteiger partial charge in [0.25, 0.3) is 0 Å². The molecule has 23 heavy (non-hydrogen) atoms. The number of aryl methyl sites for hydroxylation is 1. The standard InChI is InChI=1S/C19H31N3O/c1-5-7-16(3)20-19(23)14-21-10-12-22(13-11-21)18-9-6-8-15(2)17(18)4/h6,8-9,16H,5,7,10-14H2,1-4H3,(H,20,23)/t16-/m1/s1. The lowest BCUT2D eigenvalue weighted by molar-refractivity contribution is -0.122. The Morgan fingerprint density at radius 3 is 2.57 bits per heavy atom. The first kappa shape index (κ1) is 17.8. The number of carbonyl (C=O) groups excluding carboxylic acids is 1. The average molecular weight is 317 g/mol. The third kappa shape index (κ3) is 4.96. The van der Waals surface area contributed by atoms with E-state index in [0.717, 1.165) is 39.0 Å². The van der Waals surface area contributed by atoms with Gasteiger partial charge in [0.1, 0.15) is 0 Å². The minimum absolute atomic E-state index is 0.158. The number of amides is 1. The van der Waals surface area contributed by atoms with Gasteiger partial charge >= 0.3 is 0 Å². The molecule has 0 radical (unpaired) electrons. The second kappa shape index (κ2) is 8.34. The highest BCUT2D eigenvalue weighted by molar-refractivity contribution is 5.78. The number of carbonyl (C=O) groups is 1. The van der Waals surface area contributed by atoms with Crippen molar-refractivity contribution in [2.45, 2.75) is 46.6 Å². The van der Waals surface area contributed by atoms with Crippen molar-refractivity contribution in [3.8, 4) is 0 Å². The summed E-state index contributed by atoms with van der Waals surface area (Å²) in [5.74, 6) is 0.158. The molecule has 0 saturated carbocycles. The molecule has 1 saturated heterocycles. The maximum atomic E-state index is 12.1. The van der Waals surface area contributed by atoms with Gasteiger partial charge in [-0.05, 0) is 44.4 Å². The Balaban J connectivity index is 1.82. The Morgan fingerprint density at radius 2 is 1.91 bits per heavy atom. The van der Waals surface area contributed by atoms with Crippen molar-refractivity contribution < 1.29 is 4.79 Å². The number of nitrogens with zero attached hydrogens (tertiary/aromatic N) is 2. The van der Waals surface area contributed by atoms with Gasteiger partial charge in [-0.25, -0.2) is 0 Å². The third-order valence-electron chi connectivity index (χ3n) is 4.79. The molecule has 2 rings (SSSR count). The van der Waals surface area contributed by atoms with Crippen LogP contribution in [0.15, 0.2) is 18.2 Å². The lowest BCUT2D eigenvalue weighted by Crippen LogP contribution is -2.50. The highest BCUT2D eigenvalue weighted by Gasteiger charge is 2.20. The summed E-state index contributed by atoms with van der Waals surface area (Å²) in [4.78, 5) is 16.8. The minimum Gasteiger partial charge on any atom is -0.369 e. The number of nitrogens with one attached hydrogen (secondary N) is 1. The van der Waals surface area contributed by atoms with E-state index in [9.17, 15) is 4.79 Å². The van der Waals surface area contributed by atoms with Crippen LogP contribution in [0.3, 0.4) is 0 Å². The van der Waals surface area contributed by atoms with Crippen molar-refractivity contribution in [2.75, 3.05) is 37.6 Å². The predicted molar refractivity (Wildman–Crippen MR) is 97.1 cm³/mol. The fraction of sp³-hybridized carbons (Fsp3) is 0.632. The smallest absolute Gasteiger partial charge is 0.234 e. The molecular weight excluding hydrogens is 286 g/mol. The molecule has 0 spiro atoms. The van der Waals surface area contributed by atoms with E-state index in [0.29, 0.717) is 6.54 Å². The van der Waals surface area contributed by atoms with Crippen molar-refractivity contribution in [3.63, 3.8) is 0 Å². The van der Waals surface area contributed by atoms with E-state index in [1.54, 1.807) is 0 Å². The van der Waals surface area contributed by atoms with E-state index >= 15 is 0 Å². The summed E-state index contributed by atoms with van der Waals surface area (Å²) >= 11 is 0. The molecule has 1 fully saturated rings. The Labute approximate surface area is 140 Å². The number of hydrogen-bond donors (Lipinski definition) is 1. The van der Waals surface area contributed by atoms with E-state index < -0.39 is 0 Å². The first-order valence-corrected chi connectivity index (χ1v) is 8.84. The summed E-state index contributed by atoms with van der Waals surface area (Å²) in [6.07, 6.45) is 2.15. The van der Waals surface area contributed by atoms with Gasteiger partial charge < -0.3 is 10.2 Å². The molecule has 1 N–H and O–H groups in total. The zero-order valence-electron chi connectivity index (χ0n) is 15.1. The Hall–Kier alpha value is -1.55. The van der Waals surface area contributed by atoms with Crippen molar-refractivity contribution >= 4 is 11.6 Å². The van der Waals surface area contributed by atoms with Crippen molar-refractivity contribution in [3.05, 3.63) is 29.3 Å². The quantitative estimate of drug-likeness (QED) is 0.876. The topological polar surface area (TPSA) is 35.6 Å². The second-order valence-corrected chi connectivity index (χ2v) is 6.74. The van der Waals surface area contributed by atoms with Crippen LogP contribution in [0.2, 0.25) is 0 Å².